The molecule has 0 aliphatic heterocycles. The van der Waals surface area contributed by atoms with Gasteiger partial charge in [-0.2, -0.15) is 4.31 Å². The van der Waals surface area contributed by atoms with E-state index >= 15 is 0 Å². The SMILES string of the molecule is CCN(CC(=O)Nc1cccc([N+](=O)[O-])c1)S(=O)(=O)c1ccc2c(c1)n(C)c(=O)n2C. The first kappa shape index (κ1) is 22.2. The van der Waals surface area contributed by atoms with Crippen molar-refractivity contribution in [1.29, 1.82) is 0 Å². The normalized spacial score (nSPS) is 11.7. The van der Waals surface area contributed by atoms with Crippen LogP contribution in [0.3, 0.4) is 0 Å². The number of aromatic nitrogens is 2. The second-order valence-electron chi connectivity index (χ2n) is 6.84. The van der Waals surface area contributed by atoms with Crippen LogP contribution in [0.25, 0.3) is 11.0 Å². The number of non-ortho nitro benzene ring substituents is 1. The summed E-state index contributed by atoms with van der Waals surface area (Å²) in [6.07, 6.45) is 0. The van der Waals surface area contributed by atoms with Gasteiger partial charge in [0.05, 0.1) is 27.4 Å². The number of amides is 1. The minimum Gasteiger partial charge on any atom is -0.325 e. The number of nitro groups is 1. The number of sulfonamides is 1. The van der Waals surface area contributed by atoms with Gasteiger partial charge in [0, 0.05) is 38.5 Å². The van der Waals surface area contributed by atoms with E-state index in [9.17, 15) is 28.1 Å². The Morgan fingerprint density at radius 1 is 1.13 bits per heavy atom. The molecule has 11 nitrogen and oxygen atoms in total. The predicted molar refractivity (Wildman–Crippen MR) is 114 cm³/mol. The molecule has 2 aromatic carbocycles. The largest absolute Gasteiger partial charge is 0.328 e. The summed E-state index contributed by atoms with van der Waals surface area (Å²) in [5, 5.41) is 13.4. The Labute approximate surface area is 177 Å². The Morgan fingerprint density at radius 3 is 2.45 bits per heavy atom. The summed E-state index contributed by atoms with van der Waals surface area (Å²) in [5.41, 5.74) is 0.740. The summed E-state index contributed by atoms with van der Waals surface area (Å²) in [6.45, 7) is 1.14. The van der Waals surface area contributed by atoms with Gasteiger partial charge in [-0.05, 0) is 24.3 Å². The summed E-state index contributed by atoms with van der Waals surface area (Å²) in [6, 6.07) is 9.69. The molecule has 1 heterocycles. The number of anilines is 1. The van der Waals surface area contributed by atoms with Crippen molar-refractivity contribution in [1.82, 2.24) is 13.4 Å². The zero-order valence-corrected chi connectivity index (χ0v) is 17.9. The van der Waals surface area contributed by atoms with Gasteiger partial charge in [0.15, 0.2) is 0 Å². The molecule has 1 N–H and O–H groups in total. The maximum absolute atomic E-state index is 13.1. The van der Waals surface area contributed by atoms with Crippen LogP contribution in [0.5, 0.6) is 0 Å². The molecule has 0 radical (unpaired) electrons. The van der Waals surface area contributed by atoms with E-state index in [4.69, 9.17) is 0 Å². The van der Waals surface area contributed by atoms with E-state index in [0.29, 0.717) is 11.0 Å². The van der Waals surface area contributed by atoms with Crippen molar-refractivity contribution >= 4 is 38.3 Å². The average Bonchev–Trinajstić information content (AvgIpc) is 2.95. The second-order valence-corrected chi connectivity index (χ2v) is 8.78. The first-order chi connectivity index (χ1) is 14.6. The van der Waals surface area contributed by atoms with Crippen LogP contribution in [0.2, 0.25) is 0 Å². The molecule has 0 saturated carbocycles. The van der Waals surface area contributed by atoms with Crippen LogP contribution in [0, 0.1) is 10.1 Å². The van der Waals surface area contributed by atoms with Gasteiger partial charge >= 0.3 is 5.69 Å². The molecular formula is C19H21N5O6S. The molecule has 12 heteroatoms. The lowest BCUT2D eigenvalue weighted by Crippen LogP contribution is -2.37. The van der Waals surface area contributed by atoms with Crippen LogP contribution in [0.4, 0.5) is 11.4 Å². The summed E-state index contributed by atoms with van der Waals surface area (Å²) in [7, 11) is -0.893. The Morgan fingerprint density at radius 2 is 1.81 bits per heavy atom. The number of nitrogens with one attached hydrogen (secondary N) is 1. The number of carbonyl (C=O) groups excluding carboxylic acids is 1. The third-order valence-electron chi connectivity index (χ3n) is 4.89. The van der Waals surface area contributed by atoms with Gasteiger partial charge in [-0.15, -0.1) is 0 Å². The third-order valence-corrected chi connectivity index (χ3v) is 6.81. The zero-order valence-electron chi connectivity index (χ0n) is 17.1. The number of likely N-dealkylation sites (N-methyl/N-ethyl adjacent to an activating group) is 1. The van der Waals surface area contributed by atoms with Crippen molar-refractivity contribution < 1.29 is 18.1 Å². The number of nitrogens with zero attached hydrogens (tertiary/aromatic N) is 4. The highest BCUT2D eigenvalue weighted by atomic mass is 32.2. The highest BCUT2D eigenvalue weighted by Crippen LogP contribution is 2.22. The Balaban J connectivity index is 1.85. The number of fused-ring (bicyclic) bond motifs is 1. The van der Waals surface area contributed by atoms with Crippen LogP contribution in [-0.2, 0) is 28.9 Å². The van der Waals surface area contributed by atoms with Gasteiger partial charge in [-0.1, -0.05) is 13.0 Å². The molecule has 3 rings (SSSR count). The maximum Gasteiger partial charge on any atom is 0.328 e. The van der Waals surface area contributed by atoms with Gasteiger partial charge in [-0.3, -0.25) is 24.0 Å². The fourth-order valence-corrected chi connectivity index (χ4v) is 4.65. The van der Waals surface area contributed by atoms with E-state index in [0.717, 1.165) is 4.31 Å². The molecule has 0 aliphatic carbocycles. The highest BCUT2D eigenvalue weighted by molar-refractivity contribution is 7.89. The van der Waals surface area contributed by atoms with Gasteiger partial charge in [-0.25, -0.2) is 13.2 Å². The molecule has 0 spiro atoms. The van der Waals surface area contributed by atoms with E-state index in [1.165, 1.54) is 45.5 Å². The molecule has 0 saturated heterocycles. The van der Waals surface area contributed by atoms with Crippen molar-refractivity contribution in [2.24, 2.45) is 14.1 Å². The number of aryl methyl sites for hydroxylation is 2. The number of carbonyl (C=O) groups is 1. The van der Waals surface area contributed by atoms with Crippen LogP contribution < -0.4 is 11.0 Å². The molecule has 0 fully saturated rings. The molecule has 0 bridgehead atoms. The molecule has 0 unspecified atom stereocenters. The van der Waals surface area contributed by atoms with E-state index < -0.39 is 27.4 Å². The molecule has 1 aromatic heterocycles. The summed E-state index contributed by atoms with van der Waals surface area (Å²) < 4.78 is 30.0. The first-order valence-electron chi connectivity index (χ1n) is 9.26. The topological polar surface area (TPSA) is 137 Å². The number of rotatable bonds is 7. The van der Waals surface area contributed by atoms with Crippen molar-refractivity contribution in [2.45, 2.75) is 11.8 Å². The number of benzene rings is 2. The monoisotopic (exact) mass is 447 g/mol. The van der Waals surface area contributed by atoms with Crippen molar-refractivity contribution in [3.05, 3.63) is 63.1 Å². The van der Waals surface area contributed by atoms with Crippen LogP contribution in [0.15, 0.2) is 52.2 Å². The molecule has 164 valence electrons. The first-order valence-corrected chi connectivity index (χ1v) is 10.7. The van der Waals surface area contributed by atoms with E-state index in [1.54, 1.807) is 27.1 Å². The van der Waals surface area contributed by atoms with Gasteiger partial charge in [0.25, 0.3) is 5.69 Å². The molecule has 31 heavy (non-hydrogen) atoms. The summed E-state index contributed by atoms with van der Waals surface area (Å²) in [5.74, 6) is -0.640. The maximum atomic E-state index is 13.1. The van der Waals surface area contributed by atoms with Gasteiger partial charge < -0.3 is 5.32 Å². The van der Waals surface area contributed by atoms with Crippen LogP contribution in [0.1, 0.15) is 6.92 Å². The predicted octanol–water partition coefficient (Wildman–Crippen LogP) is 1.43. The van der Waals surface area contributed by atoms with Crippen molar-refractivity contribution in [2.75, 3.05) is 18.4 Å². The molecule has 0 atom stereocenters. The lowest BCUT2D eigenvalue weighted by molar-refractivity contribution is -0.384. The highest BCUT2D eigenvalue weighted by Gasteiger charge is 2.26. The number of nitro benzene ring substituents is 1. The second kappa shape index (κ2) is 8.32. The summed E-state index contributed by atoms with van der Waals surface area (Å²) in [4.78, 5) is 34.7. The van der Waals surface area contributed by atoms with Crippen LogP contribution >= 0.6 is 0 Å². The quantitative estimate of drug-likeness (QED) is 0.430. The van der Waals surface area contributed by atoms with E-state index in [-0.39, 0.29) is 28.5 Å². The number of imidazole rings is 1. The van der Waals surface area contributed by atoms with E-state index in [1.807, 2.05) is 0 Å². The zero-order chi connectivity index (χ0) is 22.9. The van der Waals surface area contributed by atoms with Crippen molar-refractivity contribution in [3.63, 3.8) is 0 Å². The number of hydrogen-bond donors (Lipinski definition) is 1. The lowest BCUT2D eigenvalue weighted by Gasteiger charge is -2.20. The smallest absolute Gasteiger partial charge is 0.325 e. The van der Waals surface area contributed by atoms with Crippen LogP contribution in [-0.4, -0.2) is 45.8 Å². The van der Waals surface area contributed by atoms with E-state index in [2.05, 4.69) is 5.32 Å². The van der Waals surface area contributed by atoms with Crippen molar-refractivity contribution in [3.8, 4) is 0 Å². The standard InChI is InChI=1S/C19H21N5O6S/c1-4-23(12-18(25)20-13-6-5-7-14(10-13)24(27)28)31(29,30)15-8-9-16-17(11-15)22(3)19(26)21(16)2/h5-11H,4,12H2,1-3H3,(H,20,25). The Hall–Kier alpha value is -3.51. The van der Waals surface area contributed by atoms with Gasteiger partial charge in [0.1, 0.15) is 0 Å². The molecule has 0 aliphatic rings. The number of hydrogen-bond acceptors (Lipinski definition) is 6. The third kappa shape index (κ3) is 4.20. The fourth-order valence-electron chi connectivity index (χ4n) is 3.22. The molecule has 3 aromatic rings. The Bertz CT molecular complexity index is 1340. The lowest BCUT2D eigenvalue weighted by atomic mass is 10.3. The summed E-state index contributed by atoms with van der Waals surface area (Å²) >= 11 is 0. The minimum atomic E-state index is -4.03. The molecule has 1 amide bonds. The molecular weight excluding hydrogens is 426 g/mol. The average molecular weight is 447 g/mol. The minimum absolute atomic E-state index is 0.0243. The fraction of sp³-hybridized carbons (Fsp3) is 0.263. The Kier molecular flexibility index (Phi) is 5.95. The van der Waals surface area contributed by atoms with Gasteiger partial charge in [0.2, 0.25) is 15.9 Å².